The van der Waals surface area contributed by atoms with Gasteiger partial charge in [-0.05, 0) is 19.8 Å². The Morgan fingerprint density at radius 1 is 1.42 bits per heavy atom. The molecule has 1 N–H and O–H groups in total. The Morgan fingerprint density at radius 3 is 3.04 bits per heavy atom. The van der Waals surface area contributed by atoms with Gasteiger partial charge >= 0.3 is 0 Å². The summed E-state index contributed by atoms with van der Waals surface area (Å²) in [6.45, 7) is 3.13. The van der Waals surface area contributed by atoms with Crippen molar-refractivity contribution in [3.63, 3.8) is 0 Å². The predicted octanol–water partition coefficient (Wildman–Crippen LogP) is 0.487. The average molecular weight is 331 g/mol. The normalized spacial score (nSPS) is 20.5. The molecule has 3 heterocycles. The summed E-state index contributed by atoms with van der Waals surface area (Å²) in [6, 6.07) is 0. The molecule has 2 amide bonds. The van der Waals surface area contributed by atoms with E-state index in [4.69, 9.17) is 4.74 Å². The second kappa shape index (κ2) is 6.56. The van der Waals surface area contributed by atoms with E-state index in [1.807, 2.05) is 6.92 Å². The number of amides is 2. The number of aromatic nitrogens is 3. The van der Waals surface area contributed by atoms with Gasteiger partial charge in [0.1, 0.15) is 6.61 Å². The van der Waals surface area contributed by atoms with Crippen LogP contribution in [0.4, 0.5) is 0 Å². The minimum atomic E-state index is -0.396. The number of likely N-dealkylation sites (tertiary alicyclic amines) is 1. The third-order valence-electron chi connectivity index (χ3n) is 4.52. The van der Waals surface area contributed by atoms with E-state index in [0.717, 1.165) is 12.8 Å². The third kappa shape index (κ3) is 2.96. The Morgan fingerprint density at radius 2 is 2.25 bits per heavy atom. The second-order valence-electron chi connectivity index (χ2n) is 6.23. The fourth-order valence-electron chi connectivity index (χ4n) is 3.21. The van der Waals surface area contributed by atoms with Gasteiger partial charge in [0.05, 0.1) is 29.0 Å². The first kappa shape index (κ1) is 16.4. The van der Waals surface area contributed by atoms with E-state index >= 15 is 0 Å². The van der Waals surface area contributed by atoms with E-state index in [2.05, 4.69) is 15.4 Å². The molecule has 24 heavy (non-hydrogen) atoms. The van der Waals surface area contributed by atoms with Crippen molar-refractivity contribution in [2.24, 2.45) is 0 Å². The lowest BCUT2D eigenvalue weighted by Gasteiger charge is -2.35. The molecule has 1 saturated heterocycles. The van der Waals surface area contributed by atoms with E-state index in [1.54, 1.807) is 28.0 Å². The molecule has 2 aromatic rings. The van der Waals surface area contributed by atoms with Crippen LogP contribution in [0, 0.1) is 0 Å². The summed E-state index contributed by atoms with van der Waals surface area (Å²) in [5.74, 6) is -0.266. The van der Waals surface area contributed by atoms with Gasteiger partial charge in [0.2, 0.25) is 5.91 Å². The molecule has 8 heteroatoms. The van der Waals surface area contributed by atoms with Crippen LogP contribution in [0.25, 0.3) is 5.52 Å². The maximum atomic E-state index is 12.5. The number of rotatable bonds is 5. The standard InChI is InChI=1S/C16H21N5O3/c1-16(4-3-6-20(16)14(22)10-24-2)11-18-15(23)12-8-19-21-7-5-17-9-13(12)21/h5,7-9H,3-4,6,10-11H2,1-2H3,(H,18,23). The number of ether oxygens (including phenoxy) is 1. The molecule has 0 spiro atoms. The van der Waals surface area contributed by atoms with Crippen LogP contribution in [-0.4, -0.2) is 63.7 Å². The number of carbonyl (C=O) groups is 2. The largest absolute Gasteiger partial charge is 0.375 e. The number of nitrogens with one attached hydrogen (secondary N) is 1. The van der Waals surface area contributed by atoms with Gasteiger partial charge in [0.25, 0.3) is 5.91 Å². The predicted molar refractivity (Wildman–Crippen MR) is 86.5 cm³/mol. The van der Waals surface area contributed by atoms with Crippen molar-refractivity contribution in [2.45, 2.75) is 25.3 Å². The van der Waals surface area contributed by atoms with Gasteiger partial charge in [0, 0.05) is 32.6 Å². The van der Waals surface area contributed by atoms with Crippen LogP contribution < -0.4 is 5.32 Å². The summed E-state index contributed by atoms with van der Waals surface area (Å²) in [6.07, 6.45) is 8.20. The highest BCUT2D eigenvalue weighted by molar-refractivity contribution is 6.00. The Hall–Kier alpha value is -2.48. The Bertz CT molecular complexity index is 759. The van der Waals surface area contributed by atoms with Gasteiger partial charge in [-0.25, -0.2) is 4.52 Å². The van der Waals surface area contributed by atoms with E-state index < -0.39 is 5.54 Å². The monoisotopic (exact) mass is 331 g/mol. The minimum absolute atomic E-state index is 0.0491. The molecule has 2 aromatic heterocycles. The summed E-state index contributed by atoms with van der Waals surface area (Å²) in [4.78, 5) is 30.5. The molecule has 1 aliphatic heterocycles. The van der Waals surface area contributed by atoms with Gasteiger partial charge in [-0.3, -0.25) is 14.6 Å². The maximum absolute atomic E-state index is 12.5. The van der Waals surface area contributed by atoms with Gasteiger partial charge < -0.3 is 15.0 Å². The average Bonchev–Trinajstić information content (AvgIpc) is 3.17. The van der Waals surface area contributed by atoms with Crippen LogP contribution in [-0.2, 0) is 9.53 Å². The molecule has 0 aromatic carbocycles. The Labute approximate surface area is 139 Å². The van der Waals surface area contributed by atoms with Crippen molar-refractivity contribution in [1.29, 1.82) is 0 Å². The molecule has 0 bridgehead atoms. The number of hydrogen-bond donors (Lipinski definition) is 1. The van der Waals surface area contributed by atoms with Crippen LogP contribution in [0.15, 0.2) is 24.8 Å². The molecular formula is C16H21N5O3. The van der Waals surface area contributed by atoms with Gasteiger partial charge in [0.15, 0.2) is 0 Å². The number of fused-ring (bicyclic) bond motifs is 1. The summed E-state index contributed by atoms with van der Waals surface area (Å²) in [5, 5.41) is 7.07. The van der Waals surface area contributed by atoms with E-state index in [0.29, 0.717) is 24.2 Å². The fourth-order valence-corrected chi connectivity index (χ4v) is 3.21. The minimum Gasteiger partial charge on any atom is -0.375 e. The molecule has 128 valence electrons. The summed E-state index contributed by atoms with van der Waals surface area (Å²) < 4.78 is 6.55. The smallest absolute Gasteiger partial charge is 0.255 e. The van der Waals surface area contributed by atoms with E-state index in [1.165, 1.54) is 13.3 Å². The highest BCUT2D eigenvalue weighted by Crippen LogP contribution is 2.28. The number of nitrogens with zero attached hydrogens (tertiary/aromatic N) is 4. The first-order valence-electron chi connectivity index (χ1n) is 7.90. The first-order valence-corrected chi connectivity index (χ1v) is 7.90. The van der Waals surface area contributed by atoms with Crippen molar-refractivity contribution >= 4 is 17.3 Å². The Kier molecular flexibility index (Phi) is 4.48. The van der Waals surface area contributed by atoms with Crippen LogP contribution in [0.2, 0.25) is 0 Å². The van der Waals surface area contributed by atoms with Crippen molar-refractivity contribution in [2.75, 3.05) is 26.8 Å². The number of hydrogen-bond acceptors (Lipinski definition) is 5. The zero-order valence-electron chi connectivity index (χ0n) is 13.9. The van der Waals surface area contributed by atoms with Crippen LogP contribution in [0.3, 0.4) is 0 Å². The van der Waals surface area contributed by atoms with Crippen molar-refractivity contribution in [3.05, 3.63) is 30.4 Å². The zero-order valence-corrected chi connectivity index (χ0v) is 13.9. The highest BCUT2D eigenvalue weighted by atomic mass is 16.5. The SMILES string of the molecule is COCC(=O)N1CCCC1(C)CNC(=O)c1cnn2ccncc12. The summed E-state index contributed by atoms with van der Waals surface area (Å²) in [5.41, 5.74) is 0.727. The first-order chi connectivity index (χ1) is 11.5. The lowest BCUT2D eigenvalue weighted by Crippen LogP contribution is -2.53. The lowest BCUT2D eigenvalue weighted by molar-refractivity contribution is -0.138. The molecule has 1 unspecified atom stereocenters. The Balaban J connectivity index is 1.70. The van der Waals surface area contributed by atoms with Crippen molar-refractivity contribution < 1.29 is 14.3 Å². The number of carbonyl (C=O) groups excluding carboxylic acids is 2. The molecule has 3 rings (SSSR count). The molecule has 0 saturated carbocycles. The molecule has 1 aliphatic rings. The highest BCUT2D eigenvalue weighted by Gasteiger charge is 2.39. The summed E-state index contributed by atoms with van der Waals surface area (Å²) >= 11 is 0. The summed E-state index contributed by atoms with van der Waals surface area (Å²) in [7, 11) is 1.51. The molecule has 0 aliphatic carbocycles. The van der Waals surface area contributed by atoms with Gasteiger partial charge in [-0.15, -0.1) is 0 Å². The maximum Gasteiger partial charge on any atom is 0.255 e. The molecule has 1 fully saturated rings. The van der Waals surface area contributed by atoms with Crippen molar-refractivity contribution in [3.8, 4) is 0 Å². The molecule has 0 radical (unpaired) electrons. The molecular weight excluding hydrogens is 310 g/mol. The molecule has 8 nitrogen and oxygen atoms in total. The zero-order chi connectivity index (χ0) is 17.2. The molecule has 1 atom stereocenters. The van der Waals surface area contributed by atoms with Gasteiger partial charge in [-0.2, -0.15) is 5.10 Å². The number of methoxy groups -OCH3 is 1. The lowest BCUT2D eigenvalue weighted by atomic mass is 9.98. The topological polar surface area (TPSA) is 88.8 Å². The van der Waals surface area contributed by atoms with Crippen molar-refractivity contribution in [1.82, 2.24) is 24.8 Å². The van der Waals surface area contributed by atoms with Crippen LogP contribution in [0.5, 0.6) is 0 Å². The quantitative estimate of drug-likeness (QED) is 0.861. The third-order valence-corrected chi connectivity index (χ3v) is 4.52. The fraction of sp³-hybridized carbons (Fsp3) is 0.500. The van der Waals surface area contributed by atoms with E-state index in [-0.39, 0.29) is 18.4 Å². The second-order valence-corrected chi connectivity index (χ2v) is 6.23. The van der Waals surface area contributed by atoms with Crippen LogP contribution >= 0.6 is 0 Å². The van der Waals surface area contributed by atoms with Gasteiger partial charge in [-0.1, -0.05) is 0 Å². The van der Waals surface area contributed by atoms with E-state index in [9.17, 15) is 9.59 Å². The van der Waals surface area contributed by atoms with Crippen LogP contribution in [0.1, 0.15) is 30.1 Å².